The number of aliphatic imine (C=N–C) groups is 1. The molecular formula is C16H33IN4. The van der Waals surface area contributed by atoms with Crippen LogP contribution in [-0.2, 0) is 0 Å². The Bertz CT molecular complexity index is 315. The molecule has 1 aliphatic heterocycles. The van der Waals surface area contributed by atoms with Crippen molar-refractivity contribution in [2.75, 3.05) is 32.7 Å². The highest BCUT2D eigenvalue weighted by Gasteiger charge is 2.23. The zero-order chi connectivity index (χ0) is 14.4. The lowest BCUT2D eigenvalue weighted by Crippen LogP contribution is -2.41. The summed E-state index contributed by atoms with van der Waals surface area (Å²) in [5.74, 6) is 2.53. The minimum Gasteiger partial charge on any atom is -0.357 e. The molecule has 21 heavy (non-hydrogen) atoms. The van der Waals surface area contributed by atoms with Crippen LogP contribution in [0.4, 0.5) is 0 Å². The number of halogens is 1. The Morgan fingerprint density at radius 3 is 2.67 bits per heavy atom. The van der Waals surface area contributed by atoms with Crippen LogP contribution in [0.25, 0.3) is 0 Å². The first-order chi connectivity index (χ1) is 9.67. The molecule has 0 bridgehead atoms. The highest BCUT2D eigenvalue weighted by atomic mass is 127. The maximum Gasteiger partial charge on any atom is 0.191 e. The molecule has 1 aliphatic carbocycles. The zero-order valence-corrected chi connectivity index (χ0v) is 16.2. The molecule has 0 radical (unpaired) electrons. The molecule has 2 rings (SSSR count). The van der Waals surface area contributed by atoms with Crippen molar-refractivity contribution in [3.05, 3.63) is 0 Å². The van der Waals surface area contributed by atoms with Gasteiger partial charge in [-0.05, 0) is 51.0 Å². The van der Waals surface area contributed by atoms with E-state index in [9.17, 15) is 0 Å². The van der Waals surface area contributed by atoms with Gasteiger partial charge in [0.05, 0.1) is 0 Å². The van der Waals surface area contributed by atoms with Crippen LogP contribution in [-0.4, -0.2) is 49.6 Å². The number of rotatable bonds is 6. The predicted molar refractivity (Wildman–Crippen MR) is 102 cm³/mol. The summed E-state index contributed by atoms with van der Waals surface area (Å²) in [4.78, 5) is 7.42. The van der Waals surface area contributed by atoms with Gasteiger partial charge in [0.2, 0.25) is 0 Å². The van der Waals surface area contributed by atoms with Crippen molar-refractivity contribution in [1.82, 2.24) is 15.5 Å². The van der Waals surface area contributed by atoms with Gasteiger partial charge in [-0.2, -0.15) is 0 Å². The number of nitrogens with zero attached hydrogens (tertiary/aromatic N) is 2. The van der Waals surface area contributed by atoms with Crippen LogP contribution < -0.4 is 10.6 Å². The van der Waals surface area contributed by atoms with Crippen LogP contribution in [0.1, 0.15) is 46.5 Å². The van der Waals surface area contributed by atoms with Crippen LogP contribution in [0.2, 0.25) is 0 Å². The summed E-state index contributed by atoms with van der Waals surface area (Å²) in [6.07, 6.45) is 5.27. The standard InChI is InChI=1S/C16H32N4.HI/c1-4-17-16(19-15-7-8-15)18-10-14-6-5-9-20(12-14)11-13(2)3;/h13-15H,4-12H2,1-3H3,(H2,17,18,19);1H. The Hall–Kier alpha value is -0.0400. The molecule has 5 heteroatoms. The number of hydrogen-bond acceptors (Lipinski definition) is 2. The molecule has 1 unspecified atom stereocenters. The van der Waals surface area contributed by atoms with Gasteiger partial charge in [-0.15, -0.1) is 24.0 Å². The smallest absolute Gasteiger partial charge is 0.191 e. The highest BCUT2D eigenvalue weighted by molar-refractivity contribution is 14.0. The SMILES string of the molecule is CCNC(=NCC1CCCN(CC(C)C)C1)NC1CC1.I. The van der Waals surface area contributed by atoms with E-state index in [0.29, 0.717) is 6.04 Å². The molecule has 0 spiro atoms. The summed E-state index contributed by atoms with van der Waals surface area (Å²) in [5.41, 5.74) is 0. The Kier molecular flexibility index (Phi) is 8.94. The van der Waals surface area contributed by atoms with Gasteiger partial charge >= 0.3 is 0 Å². The summed E-state index contributed by atoms with van der Waals surface area (Å²) < 4.78 is 0. The quantitative estimate of drug-likeness (QED) is 0.403. The average molecular weight is 408 g/mol. The first-order valence-corrected chi connectivity index (χ1v) is 8.44. The van der Waals surface area contributed by atoms with E-state index < -0.39 is 0 Å². The lowest BCUT2D eigenvalue weighted by atomic mass is 9.97. The summed E-state index contributed by atoms with van der Waals surface area (Å²) in [6.45, 7) is 12.4. The summed E-state index contributed by atoms with van der Waals surface area (Å²) >= 11 is 0. The normalized spacial score (nSPS) is 23.8. The third kappa shape index (κ3) is 7.68. The van der Waals surface area contributed by atoms with Gasteiger partial charge in [0.25, 0.3) is 0 Å². The van der Waals surface area contributed by atoms with E-state index in [1.165, 1.54) is 45.3 Å². The molecule has 2 aliphatic rings. The molecule has 4 nitrogen and oxygen atoms in total. The maximum absolute atomic E-state index is 4.80. The second-order valence-electron chi connectivity index (χ2n) is 6.80. The van der Waals surface area contributed by atoms with Crippen molar-refractivity contribution in [1.29, 1.82) is 0 Å². The number of nitrogens with one attached hydrogen (secondary N) is 2. The molecule has 0 aromatic rings. The molecule has 1 saturated heterocycles. The van der Waals surface area contributed by atoms with E-state index in [-0.39, 0.29) is 24.0 Å². The van der Waals surface area contributed by atoms with E-state index >= 15 is 0 Å². The minimum atomic E-state index is 0. The van der Waals surface area contributed by atoms with Gasteiger partial charge < -0.3 is 15.5 Å². The zero-order valence-electron chi connectivity index (χ0n) is 13.9. The first-order valence-electron chi connectivity index (χ1n) is 8.44. The van der Waals surface area contributed by atoms with Gasteiger partial charge in [0, 0.05) is 32.2 Å². The number of guanidine groups is 1. The number of piperidine rings is 1. The van der Waals surface area contributed by atoms with Crippen molar-refractivity contribution >= 4 is 29.9 Å². The Morgan fingerprint density at radius 1 is 1.29 bits per heavy atom. The fourth-order valence-electron chi connectivity index (χ4n) is 2.94. The van der Waals surface area contributed by atoms with E-state index in [4.69, 9.17) is 4.99 Å². The molecule has 2 fully saturated rings. The molecule has 1 atom stereocenters. The molecule has 0 amide bonds. The van der Waals surface area contributed by atoms with Crippen LogP contribution in [0.15, 0.2) is 4.99 Å². The second kappa shape index (κ2) is 9.87. The summed E-state index contributed by atoms with van der Waals surface area (Å²) in [5, 5.41) is 6.86. The van der Waals surface area contributed by atoms with Crippen molar-refractivity contribution < 1.29 is 0 Å². The lowest BCUT2D eigenvalue weighted by Gasteiger charge is -2.33. The van der Waals surface area contributed by atoms with Gasteiger partial charge in [-0.3, -0.25) is 4.99 Å². The van der Waals surface area contributed by atoms with Gasteiger partial charge in [-0.1, -0.05) is 13.8 Å². The molecule has 0 aromatic heterocycles. The highest BCUT2D eigenvalue weighted by Crippen LogP contribution is 2.19. The molecule has 1 heterocycles. The molecular weight excluding hydrogens is 375 g/mol. The number of hydrogen-bond donors (Lipinski definition) is 2. The fraction of sp³-hybridized carbons (Fsp3) is 0.938. The van der Waals surface area contributed by atoms with Gasteiger partial charge in [-0.25, -0.2) is 0 Å². The van der Waals surface area contributed by atoms with Gasteiger partial charge in [0.1, 0.15) is 0 Å². The fourth-order valence-corrected chi connectivity index (χ4v) is 2.94. The van der Waals surface area contributed by atoms with Crippen molar-refractivity contribution in [3.63, 3.8) is 0 Å². The van der Waals surface area contributed by atoms with Crippen LogP contribution >= 0.6 is 24.0 Å². The Labute approximate surface area is 147 Å². The average Bonchev–Trinajstić information content (AvgIpc) is 3.20. The molecule has 2 N–H and O–H groups in total. The molecule has 0 aromatic carbocycles. The Balaban J connectivity index is 0.00000220. The third-order valence-corrected chi connectivity index (χ3v) is 4.00. The summed E-state index contributed by atoms with van der Waals surface area (Å²) in [6, 6.07) is 0.677. The summed E-state index contributed by atoms with van der Waals surface area (Å²) in [7, 11) is 0. The second-order valence-corrected chi connectivity index (χ2v) is 6.80. The third-order valence-electron chi connectivity index (χ3n) is 4.00. The monoisotopic (exact) mass is 408 g/mol. The first kappa shape index (κ1) is 19.0. The Morgan fingerprint density at radius 2 is 2.05 bits per heavy atom. The van der Waals surface area contributed by atoms with E-state index in [0.717, 1.165) is 30.9 Å². The van der Waals surface area contributed by atoms with Gasteiger partial charge in [0.15, 0.2) is 5.96 Å². The topological polar surface area (TPSA) is 39.7 Å². The molecule has 1 saturated carbocycles. The van der Waals surface area contributed by atoms with Crippen molar-refractivity contribution in [3.8, 4) is 0 Å². The lowest BCUT2D eigenvalue weighted by molar-refractivity contribution is 0.162. The van der Waals surface area contributed by atoms with Crippen LogP contribution in [0.3, 0.4) is 0 Å². The number of likely N-dealkylation sites (tertiary alicyclic amines) is 1. The van der Waals surface area contributed by atoms with Crippen molar-refractivity contribution in [2.45, 2.75) is 52.5 Å². The van der Waals surface area contributed by atoms with E-state index in [1.54, 1.807) is 0 Å². The molecule has 124 valence electrons. The predicted octanol–water partition coefficient (Wildman–Crippen LogP) is 2.69. The van der Waals surface area contributed by atoms with E-state index in [1.807, 2.05) is 0 Å². The minimum absolute atomic E-state index is 0. The van der Waals surface area contributed by atoms with Crippen LogP contribution in [0, 0.1) is 11.8 Å². The van der Waals surface area contributed by atoms with Crippen LogP contribution in [0.5, 0.6) is 0 Å². The van der Waals surface area contributed by atoms with E-state index in [2.05, 4.69) is 36.3 Å². The largest absolute Gasteiger partial charge is 0.357 e. The maximum atomic E-state index is 4.80. The van der Waals surface area contributed by atoms with Crippen molar-refractivity contribution in [2.24, 2.45) is 16.8 Å².